The van der Waals surface area contributed by atoms with E-state index in [1.54, 1.807) is 12.1 Å². The number of carbonyl (C=O) groups is 2. The molecule has 0 bridgehead atoms. The summed E-state index contributed by atoms with van der Waals surface area (Å²) in [6, 6.07) is 15.2. The summed E-state index contributed by atoms with van der Waals surface area (Å²) < 4.78 is 0. The number of benzene rings is 2. The Balaban J connectivity index is 1.64. The lowest BCUT2D eigenvalue weighted by molar-refractivity contribution is 0.100. The third-order valence-electron chi connectivity index (χ3n) is 5.31. The number of nitrogens with one attached hydrogen (secondary N) is 2. The molecule has 6 nitrogen and oxygen atoms in total. The number of nitrogens with two attached hydrogens (primary N) is 1. The molecule has 0 radical (unpaired) electrons. The number of hydrogen-bond acceptors (Lipinski definition) is 3. The third kappa shape index (κ3) is 5.98. The number of nitrogens with zero attached hydrogens (tertiary/aromatic N) is 1. The summed E-state index contributed by atoms with van der Waals surface area (Å²) in [5.74, 6) is -0.505. The quantitative estimate of drug-likeness (QED) is 0.665. The van der Waals surface area contributed by atoms with Crippen LogP contribution in [0.1, 0.15) is 48.5 Å². The van der Waals surface area contributed by atoms with Gasteiger partial charge in [0, 0.05) is 24.7 Å². The molecule has 1 aliphatic heterocycles. The van der Waals surface area contributed by atoms with Gasteiger partial charge in [-0.25, -0.2) is 4.79 Å². The summed E-state index contributed by atoms with van der Waals surface area (Å²) in [6.45, 7) is 3.88. The van der Waals surface area contributed by atoms with E-state index in [4.69, 9.17) is 5.73 Å². The first-order chi connectivity index (χ1) is 14.0. The Morgan fingerprint density at radius 2 is 1.79 bits per heavy atom. The second-order valence-electron chi connectivity index (χ2n) is 7.67. The van der Waals surface area contributed by atoms with Gasteiger partial charge in [0.05, 0.1) is 11.4 Å². The van der Waals surface area contributed by atoms with Gasteiger partial charge in [-0.1, -0.05) is 30.3 Å². The van der Waals surface area contributed by atoms with Crippen LogP contribution < -0.4 is 21.3 Å². The van der Waals surface area contributed by atoms with E-state index in [0.717, 1.165) is 44.5 Å². The van der Waals surface area contributed by atoms with Crippen molar-refractivity contribution in [2.45, 2.75) is 45.1 Å². The Kier molecular flexibility index (Phi) is 7.11. The number of anilines is 2. The summed E-state index contributed by atoms with van der Waals surface area (Å²) in [7, 11) is 0. The lowest BCUT2D eigenvalue weighted by atomic mass is 10.1. The number of piperidine rings is 1. The molecule has 3 amide bonds. The van der Waals surface area contributed by atoms with Crippen molar-refractivity contribution >= 4 is 23.3 Å². The second-order valence-corrected chi connectivity index (χ2v) is 7.67. The highest BCUT2D eigenvalue weighted by Crippen LogP contribution is 2.29. The van der Waals surface area contributed by atoms with Crippen molar-refractivity contribution in [2.24, 2.45) is 5.73 Å². The van der Waals surface area contributed by atoms with Crippen LogP contribution in [0.15, 0.2) is 48.5 Å². The smallest absolute Gasteiger partial charge is 0.319 e. The molecular weight excluding hydrogens is 364 g/mol. The zero-order valence-corrected chi connectivity index (χ0v) is 17.0. The second kappa shape index (κ2) is 9.96. The fourth-order valence-corrected chi connectivity index (χ4v) is 3.68. The highest BCUT2D eigenvalue weighted by Gasteiger charge is 2.18. The maximum absolute atomic E-state index is 12.6. The van der Waals surface area contributed by atoms with Gasteiger partial charge in [-0.05, 0) is 62.8 Å². The van der Waals surface area contributed by atoms with Crippen LogP contribution in [0.25, 0.3) is 0 Å². The molecule has 1 aliphatic rings. The van der Waals surface area contributed by atoms with Crippen LogP contribution in [0.4, 0.5) is 16.2 Å². The molecule has 154 valence electrons. The summed E-state index contributed by atoms with van der Waals surface area (Å²) in [6.07, 6.45) is 5.22. The maximum Gasteiger partial charge on any atom is 0.319 e. The monoisotopic (exact) mass is 394 g/mol. The SMILES string of the molecule is CC(CCc1ccccc1)NC(=O)Nc1cc(C(N)=O)ccc1N1CCCCC1. The molecule has 3 rings (SSSR count). The van der Waals surface area contributed by atoms with Gasteiger partial charge in [0.1, 0.15) is 0 Å². The molecular formula is C23H30N4O2. The zero-order chi connectivity index (χ0) is 20.6. The minimum Gasteiger partial charge on any atom is -0.370 e. The highest BCUT2D eigenvalue weighted by atomic mass is 16.2. The van der Waals surface area contributed by atoms with Gasteiger partial charge in [-0.3, -0.25) is 4.79 Å². The normalized spacial score (nSPS) is 14.9. The average molecular weight is 395 g/mol. The number of aryl methyl sites for hydroxylation is 1. The molecule has 2 aromatic rings. The number of rotatable bonds is 7. The molecule has 1 saturated heterocycles. The molecule has 0 spiro atoms. The van der Waals surface area contributed by atoms with Crippen LogP contribution in [-0.2, 0) is 6.42 Å². The number of hydrogen-bond donors (Lipinski definition) is 3. The van der Waals surface area contributed by atoms with Crippen molar-refractivity contribution in [2.75, 3.05) is 23.3 Å². The van der Waals surface area contributed by atoms with E-state index >= 15 is 0 Å². The van der Waals surface area contributed by atoms with Gasteiger partial charge in [-0.2, -0.15) is 0 Å². The van der Waals surface area contributed by atoms with E-state index in [-0.39, 0.29) is 12.1 Å². The molecule has 0 aliphatic carbocycles. The molecule has 1 fully saturated rings. The molecule has 2 aromatic carbocycles. The van der Waals surface area contributed by atoms with Crippen LogP contribution >= 0.6 is 0 Å². The molecule has 1 atom stereocenters. The summed E-state index contributed by atoms with van der Waals surface area (Å²) in [4.78, 5) is 26.5. The summed E-state index contributed by atoms with van der Waals surface area (Å²) in [5.41, 5.74) is 8.63. The first kappa shape index (κ1) is 20.7. The lowest BCUT2D eigenvalue weighted by Gasteiger charge is -2.31. The number of primary amides is 1. The van der Waals surface area contributed by atoms with E-state index in [0.29, 0.717) is 11.3 Å². The Morgan fingerprint density at radius 1 is 1.07 bits per heavy atom. The number of amides is 3. The Morgan fingerprint density at radius 3 is 2.48 bits per heavy atom. The predicted octanol–water partition coefficient (Wildman–Crippen LogP) is 3.92. The van der Waals surface area contributed by atoms with Crippen LogP contribution in [0.2, 0.25) is 0 Å². The first-order valence-electron chi connectivity index (χ1n) is 10.3. The van der Waals surface area contributed by atoms with Crippen LogP contribution in [0, 0.1) is 0 Å². The fraction of sp³-hybridized carbons (Fsp3) is 0.391. The molecule has 1 heterocycles. The molecule has 1 unspecified atom stereocenters. The van der Waals surface area contributed by atoms with Crippen molar-refractivity contribution in [1.29, 1.82) is 0 Å². The minimum absolute atomic E-state index is 0.0213. The Labute approximate surface area is 172 Å². The Bertz CT molecular complexity index is 832. The average Bonchev–Trinajstić information content (AvgIpc) is 2.73. The molecule has 6 heteroatoms. The summed E-state index contributed by atoms with van der Waals surface area (Å²) >= 11 is 0. The minimum atomic E-state index is -0.505. The van der Waals surface area contributed by atoms with E-state index in [9.17, 15) is 9.59 Å². The van der Waals surface area contributed by atoms with Crippen molar-refractivity contribution in [1.82, 2.24) is 5.32 Å². The van der Waals surface area contributed by atoms with E-state index in [1.807, 2.05) is 31.2 Å². The van der Waals surface area contributed by atoms with Crippen LogP contribution in [0.5, 0.6) is 0 Å². The van der Waals surface area contributed by atoms with Gasteiger partial charge in [-0.15, -0.1) is 0 Å². The van der Waals surface area contributed by atoms with Gasteiger partial charge >= 0.3 is 6.03 Å². The van der Waals surface area contributed by atoms with Crippen molar-refractivity contribution in [3.05, 3.63) is 59.7 Å². The fourth-order valence-electron chi connectivity index (χ4n) is 3.68. The van der Waals surface area contributed by atoms with Crippen LogP contribution in [-0.4, -0.2) is 31.1 Å². The van der Waals surface area contributed by atoms with Crippen molar-refractivity contribution in [3.63, 3.8) is 0 Å². The van der Waals surface area contributed by atoms with E-state index in [2.05, 4.69) is 27.7 Å². The first-order valence-corrected chi connectivity index (χ1v) is 10.3. The topological polar surface area (TPSA) is 87.5 Å². The van der Waals surface area contributed by atoms with Gasteiger partial charge in [0.25, 0.3) is 0 Å². The van der Waals surface area contributed by atoms with Crippen molar-refractivity contribution in [3.8, 4) is 0 Å². The third-order valence-corrected chi connectivity index (χ3v) is 5.31. The molecule has 0 saturated carbocycles. The Hall–Kier alpha value is -3.02. The number of carbonyl (C=O) groups excluding carboxylic acids is 2. The largest absolute Gasteiger partial charge is 0.370 e. The lowest BCUT2D eigenvalue weighted by Crippen LogP contribution is -2.37. The predicted molar refractivity (Wildman–Crippen MR) is 117 cm³/mol. The van der Waals surface area contributed by atoms with Gasteiger partial charge < -0.3 is 21.3 Å². The molecule has 4 N–H and O–H groups in total. The molecule has 0 aromatic heterocycles. The zero-order valence-electron chi connectivity index (χ0n) is 17.0. The van der Waals surface area contributed by atoms with Gasteiger partial charge in [0.15, 0.2) is 0 Å². The highest BCUT2D eigenvalue weighted by molar-refractivity contribution is 5.99. The standard InChI is InChI=1S/C23H30N4O2/c1-17(10-11-18-8-4-2-5-9-18)25-23(29)26-20-16-19(22(24)28)12-13-21(20)27-14-6-3-7-15-27/h2,4-5,8-9,12-13,16-17H,3,6-7,10-11,14-15H2,1H3,(H2,24,28)(H2,25,26,29). The maximum atomic E-state index is 12.6. The van der Waals surface area contributed by atoms with Crippen molar-refractivity contribution < 1.29 is 9.59 Å². The molecule has 29 heavy (non-hydrogen) atoms. The van der Waals surface area contributed by atoms with E-state index < -0.39 is 5.91 Å². The summed E-state index contributed by atoms with van der Waals surface area (Å²) in [5, 5.41) is 5.93. The van der Waals surface area contributed by atoms with E-state index in [1.165, 1.54) is 12.0 Å². The van der Waals surface area contributed by atoms with Crippen LogP contribution in [0.3, 0.4) is 0 Å². The van der Waals surface area contributed by atoms with Gasteiger partial charge in [0.2, 0.25) is 5.91 Å². The number of urea groups is 1.